The minimum Gasteiger partial charge on any atom is -0.236 e. The molecule has 1 rings (SSSR count). The molecule has 0 saturated carbocycles. The van der Waals surface area contributed by atoms with Crippen LogP contribution in [0.1, 0.15) is 5.82 Å². The fourth-order valence-electron chi connectivity index (χ4n) is 0.555. The van der Waals surface area contributed by atoms with E-state index in [0.717, 1.165) is 10.0 Å². The van der Waals surface area contributed by atoms with Gasteiger partial charge in [0.05, 0.1) is 10.4 Å². The summed E-state index contributed by atoms with van der Waals surface area (Å²) >= 11 is 8.76. The molecule has 0 amide bonds. The van der Waals surface area contributed by atoms with E-state index in [1.54, 1.807) is 12.4 Å². The molecule has 0 aliphatic heterocycles. The Labute approximate surface area is 78.4 Å². The monoisotopic (exact) mass is 232 g/mol. The fourth-order valence-corrected chi connectivity index (χ4v) is 0.879. The van der Waals surface area contributed by atoms with Crippen molar-refractivity contribution < 1.29 is 0 Å². The van der Waals surface area contributed by atoms with E-state index >= 15 is 0 Å². The number of allylic oxidation sites excluding steroid dienone is 1. The molecular formula is C7H6BrClN2. The molecule has 2 nitrogen and oxygen atoms in total. The Balaban J connectivity index is 2.90. The number of nitrogens with zero attached hydrogens (tertiary/aromatic N) is 2. The summed E-state index contributed by atoms with van der Waals surface area (Å²) in [5, 5.41) is 0. The van der Waals surface area contributed by atoms with Crippen LogP contribution in [0.15, 0.2) is 23.4 Å². The van der Waals surface area contributed by atoms with Crippen molar-refractivity contribution >= 4 is 33.1 Å². The van der Waals surface area contributed by atoms with Gasteiger partial charge in [-0.15, -0.1) is 11.6 Å². The molecule has 1 aromatic heterocycles. The average molecular weight is 233 g/mol. The van der Waals surface area contributed by atoms with E-state index in [0.29, 0.717) is 11.7 Å². The fraction of sp³-hybridized carbons (Fsp3) is 0.143. The summed E-state index contributed by atoms with van der Waals surface area (Å²) in [5.41, 5.74) is 0.735. The predicted octanol–water partition coefficient (Wildman–Crippen LogP) is 2.49. The van der Waals surface area contributed by atoms with Gasteiger partial charge in [0.2, 0.25) is 0 Å². The molecule has 0 spiro atoms. The van der Waals surface area contributed by atoms with Gasteiger partial charge in [0.1, 0.15) is 0 Å². The van der Waals surface area contributed by atoms with E-state index in [1.807, 2.05) is 0 Å². The number of hydrogen-bond donors (Lipinski definition) is 0. The molecule has 0 N–H and O–H groups in total. The van der Waals surface area contributed by atoms with E-state index in [2.05, 4.69) is 32.5 Å². The van der Waals surface area contributed by atoms with Gasteiger partial charge in [-0.3, -0.25) is 0 Å². The minimum atomic E-state index is 0.363. The first-order valence-electron chi connectivity index (χ1n) is 2.95. The van der Waals surface area contributed by atoms with Crippen molar-refractivity contribution in [3.05, 3.63) is 29.3 Å². The van der Waals surface area contributed by atoms with Gasteiger partial charge in [0.25, 0.3) is 0 Å². The van der Waals surface area contributed by atoms with Crippen LogP contribution >= 0.6 is 27.5 Å². The van der Waals surface area contributed by atoms with E-state index in [1.165, 1.54) is 0 Å². The molecular weight excluding hydrogens is 227 g/mol. The largest absolute Gasteiger partial charge is 0.236 e. The molecule has 0 unspecified atom stereocenters. The van der Waals surface area contributed by atoms with E-state index < -0.39 is 0 Å². The van der Waals surface area contributed by atoms with Crippen LogP contribution in [0, 0.1) is 0 Å². The zero-order chi connectivity index (χ0) is 8.27. The molecule has 0 aromatic carbocycles. The first kappa shape index (κ1) is 8.68. The van der Waals surface area contributed by atoms with Crippen molar-refractivity contribution in [3.63, 3.8) is 0 Å². The van der Waals surface area contributed by atoms with Gasteiger partial charge in [0.15, 0.2) is 5.82 Å². The second-order valence-electron chi connectivity index (χ2n) is 1.96. The standard InChI is InChI=1S/C7H6BrClN2/c1-5(2-9)7-10-3-6(8)4-11-7/h3-4H,1-2H2. The lowest BCUT2D eigenvalue weighted by Crippen LogP contribution is -1.92. The quantitative estimate of drug-likeness (QED) is 0.734. The van der Waals surface area contributed by atoms with Gasteiger partial charge in [-0.2, -0.15) is 0 Å². The molecule has 0 radical (unpaired) electrons. The molecule has 0 aliphatic rings. The predicted molar refractivity (Wildman–Crippen MR) is 49.5 cm³/mol. The topological polar surface area (TPSA) is 25.8 Å². The molecule has 0 aliphatic carbocycles. The molecule has 0 fully saturated rings. The van der Waals surface area contributed by atoms with Gasteiger partial charge >= 0.3 is 0 Å². The zero-order valence-electron chi connectivity index (χ0n) is 5.72. The Kier molecular flexibility index (Phi) is 3.02. The summed E-state index contributed by atoms with van der Waals surface area (Å²) in [5.74, 6) is 0.963. The number of halogens is 2. The molecule has 1 aromatic rings. The highest BCUT2D eigenvalue weighted by atomic mass is 79.9. The van der Waals surface area contributed by atoms with Crippen LogP contribution in [-0.4, -0.2) is 15.8 Å². The van der Waals surface area contributed by atoms with Crippen molar-refractivity contribution in [2.75, 3.05) is 5.88 Å². The highest BCUT2D eigenvalue weighted by molar-refractivity contribution is 9.10. The maximum Gasteiger partial charge on any atom is 0.155 e. The van der Waals surface area contributed by atoms with Crippen molar-refractivity contribution in [1.29, 1.82) is 0 Å². The summed E-state index contributed by atoms with van der Waals surface area (Å²) in [6, 6.07) is 0. The van der Waals surface area contributed by atoms with Gasteiger partial charge in [-0.05, 0) is 15.9 Å². The number of hydrogen-bond acceptors (Lipinski definition) is 2. The Hall–Kier alpha value is -0.410. The van der Waals surface area contributed by atoms with Crippen LogP contribution in [0.2, 0.25) is 0 Å². The zero-order valence-corrected chi connectivity index (χ0v) is 8.06. The first-order valence-corrected chi connectivity index (χ1v) is 4.28. The molecule has 1 heterocycles. The van der Waals surface area contributed by atoms with Crippen LogP contribution in [0.5, 0.6) is 0 Å². The third-order valence-electron chi connectivity index (χ3n) is 1.10. The number of aromatic nitrogens is 2. The lowest BCUT2D eigenvalue weighted by Gasteiger charge is -1.97. The van der Waals surface area contributed by atoms with E-state index in [9.17, 15) is 0 Å². The normalized spacial score (nSPS) is 9.64. The van der Waals surface area contributed by atoms with Gasteiger partial charge in [-0.1, -0.05) is 6.58 Å². The summed E-state index contributed by atoms with van der Waals surface area (Å²) in [6.45, 7) is 3.70. The van der Waals surface area contributed by atoms with E-state index in [-0.39, 0.29) is 0 Å². The first-order chi connectivity index (χ1) is 5.24. The lowest BCUT2D eigenvalue weighted by molar-refractivity contribution is 1.10. The average Bonchev–Trinajstić information content (AvgIpc) is 2.05. The third kappa shape index (κ3) is 2.27. The van der Waals surface area contributed by atoms with Crippen LogP contribution in [-0.2, 0) is 0 Å². The van der Waals surface area contributed by atoms with Crippen molar-refractivity contribution in [2.45, 2.75) is 0 Å². The maximum absolute atomic E-state index is 5.54. The summed E-state index contributed by atoms with van der Waals surface area (Å²) in [4.78, 5) is 8.01. The van der Waals surface area contributed by atoms with Gasteiger partial charge < -0.3 is 0 Å². The molecule has 11 heavy (non-hydrogen) atoms. The Morgan fingerprint density at radius 2 is 2.09 bits per heavy atom. The summed E-state index contributed by atoms with van der Waals surface area (Å²) in [7, 11) is 0. The Morgan fingerprint density at radius 1 is 1.55 bits per heavy atom. The van der Waals surface area contributed by atoms with Crippen molar-refractivity contribution in [2.24, 2.45) is 0 Å². The molecule has 4 heteroatoms. The summed E-state index contributed by atoms with van der Waals surface area (Å²) in [6.07, 6.45) is 3.33. The van der Waals surface area contributed by atoms with Gasteiger partial charge in [0, 0.05) is 18.0 Å². The van der Waals surface area contributed by atoms with Crippen LogP contribution < -0.4 is 0 Å². The smallest absolute Gasteiger partial charge is 0.155 e. The number of alkyl halides is 1. The molecule has 0 atom stereocenters. The van der Waals surface area contributed by atoms with E-state index in [4.69, 9.17) is 11.6 Å². The molecule has 0 saturated heterocycles. The maximum atomic E-state index is 5.54. The van der Waals surface area contributed by atoms with Crippen molar-refractivity contribution in [1.82, 2.24) is 9.97 Å². The van der Waals surface area contributed by atoms with Crippen molar-refractivity contribution in [3.8, 4) is 0 Å². The summed E-state index contributed by atoms with van der Waals surface area (Å²) < 4.78 is 0.851. The highest BCUT2D eigenvalue weighted by Gasteiger charge is 1.98. The highest BCUT2D eigenvalue weighted by Crippen LogP contribution is 2.10. The van der Waals surface area contributed by atoms with Crippen LogP contribution in [0.4, 0.5) is 0 Å². The molecule has 0 bridgehead atoms. The van der Waals surface area contributed by atoms with Gasteiger partial charge in [-0.25, -0.2) is 9.97 Å². The SMILES string of the molecule is C=C(CCl)c1ncc(Br)cn1. The second-order valence-corrected chi connectivity index (χ2v) is 3.15. The minimum absolute atomic E-state index is 0.363. The molecule has 58 valence electrons. The van der Waals surface area contributed by atoms with Crippen LogP contribution in [0.3, 0.4) is 0 Å². The van der Waals surface area contributed by atoms with Crippen LogP contribution in [0.25, 0.3) is 5.57 Å². The Bertz CT molecular complexity index is 258. The second kappa shape index (κ2) is 3.83. The lowest BCUT2D eigenvalue weighted by atomic mass is 10.3. The third-order valence-corrected chi connectivity index (χ3v) is 1.83. The number of rotatable bonds is 2. The Morgan fingerprint density at radius 3 is 2.55 bits per heavy atom.